The molecule has 1 fully saturated rings. The summed E-state index contributed by atoms with van der Waals surface area (Å²) in [7, 11) is -3.86. The van der Waals surface area contributed by atoms with Crippen LogP contribution in [0.3, 0.4) is 0 Å². The van der Waals surface area contributed by atoms with Crippen molar-refractivity contribution in [3.63, 3.8) is 0 Å². The number of hydrogen-bond donors (Lipinski definition) is 0. The number of rotatable bonds is 5. The first-order valence-corrected chi connectivity index (χ1v) is 9.75. The van der Waals surface area contributed by atoms with Gasteiger partial charge in [0.1, 0.15) is 12.0 Å². The van der Waals surface area contributed by atoms with Crippen molar-refractivity contribution in [2.75, 3.05) is 31.1 Å². The first-order valence-electron chi connectivity index (χ1n) is 8.31. The number of nitro benzene ring substituents is 1. The summed E-state index contributed by atoms with van der Waals surface area (Å²) in [6.07, 6.45) is 1.18. The first kappa shape index (κ1) is 19.6. The van der Waals surface area contributed by atoms with Crippen LogP contribution in [-0.2, 0) is 10.0 Å². The van der Waals surface area contributed by atoms with Gasteiger partial charge in [0.25, 0.3) is 11.4 Å². The van der Waals surface area contributed by atoms with Crippen LogP contribution in [0, 0.1) is 27.2 Å². The van der Waals surface area contributed by atoms with E-state index in [1.807, 2.05) is 4.90 Å². The van der Waals surface area contributed by atoms with Gasteiger partial charge in [-0.05, 0) is 18.6 Å². The average Bonchev–Trinajstić information content (AvgIpc) is 2.68. The average molecular weight is 407 g/mol. The minimum absolute atomic E-state index is 0.104. The quantitative estimate of drug-likeness (QED) is 0.539. The van der Waals surface area contributed by atoms with E-state index in [1.54, 1.807) is 6.92 Å². The Labute approximate surface area is 160 Å². The van der Waals surface area contributed by atoms with E-state index in [2.05, 4.69) is 4.98 Å². The van der Waals surface area contributed by atoms with Gasteiger partial charge >= 0.3 is 0 Å². The molecule has 1 aromatic heterocycles. The maximum atomic E-state index is 12.8. The Morgan fingerprint density at radius 2 is 1.64 bits per heavy atom. The number of pyridine rings is 1. The highest BCUT2D eigenvalue weighted by atomic mass is 32.2. The molecule has 0 spiro atoms. The Morgan fingerprint density at radius 1 is 1.00 bits per heavy atom. The molecule has 28 heavy (non-hydrogen) atoms. The highest BCUT2D eigenvalue weighted by molar-refractivity contribution is 7.89. The second-order valence-corrected chi connectivity index (χ2v) is 8.17. The Kier molecular flexibility index (Phi) is 5.25. The van der Waals surface area contributed by atoms with Crippen molar-refractivity contribution in [2.45, 2.75) is 11.8 Å². The molecule has 0 unspecified atom stereocenters. The molecule has 1 aliphatic heterocycles. The number of aromatic nitrogens is 1. The number of aryl methyl sites for hydroxylation is 1. The molecule has 148 valence electrons. The minimum Gasteiger partial charge on any atom is -0.354 e. The Morgan fingerprint density at radius 3 is 2.21 bits per heavy atom. The van der Waals surface area contributed by atoms with Crippen molar-refractivity contribution in [1.29, 1.82) is 0 Å². The molecule has 1 saturated heterocycles. The summed E-state index contributed by atoms with van der Waals surface area (Å²) < 4.78 is 26.8. The predicted octanol–water partition coefficient (Wildman–Crippen LogP) is 1.72. The lowest BCUT2D eigenvalue weighted by atomic mass is 10.2. The number of benzene rings is 1. The Hall–Kier alpha value is -3.12. The largest absolute Gasteiger partial charge is 0.354 e. The number of hydrogen-bond acceptors (Lipinski definition) is 8. The van der Waals surface area contributed by atoms with Crippen LogP contribution < -0.4 is 4.90 Å². The standard InChI is InChI=1S/C16H17N5O6S/c1-12-9-14(21(24)25)11-17-16(12)18-5-7-19(8-6-18)28(26,27)15-4-2-3-13(10-15)20(22)23/h2-4,9-11H,5-8H2,1H3. The monoisotopic (exact) mass is 407 g/mol. The summed E-state index contributed by atoms with van der Waals surface area (Å²) in [6.45, 7) is 2.74. The lowest BCUT2D eigenvalue weighted by Crippen LogP contribution is -2.49. The Bertz CT molecular complexity index is 1030. The van der Waals surface area contributed by atoms with Crippen molar-refractivity contribution in [1.82, 2.24) is 9.29 Å². The molecule has 11 nitrogen and oxygen atoms in total. The zero-order valence-electron chi connectivity index (χ0n) is 14.9. The molecule has 0 amide bonds. The second kappa shape index (κ2) is 7.48. The molecule has 2 aromatic rings. The normalized spacial score (nSPS) is 15.4. The van der Waals surface area contributed by atoms with Gasteiger partial charge in [-0.25, -0.2) is 13.4 Å². The summed E-state index contributed by atoms with van der Waals surface area (Å²) in [5.74, 6) is 0.568. The van der Waals surface area contributed by atoms with Crippen LogP contribution in [0.2, 0.25) is 0 Å². The summed E-state index contributed by atoms with van der Waals surface area (Å²) in [4.78, 5) is 26.4. The maximum absolute atomic E-state index is 12.8. The predicted molar refractivity (Wildman–Crippen MR) is 99.7 cm³/mol. The van der Waals surface area contributed by atoms with Gasteiger partial charge in [0, 0.05) is 44.4 Å². The number of piperazine rings is 1. The number of non-ortho nitro benzene ring substituents is 1. The fourth-order valence-corrected chi connectivity index (χ4v) is 4.49. The lowest BCUT2D eigenvalue weighted by molar-refractivity contribution is -0.385. The summed E-state index contributed by atoms with van der Waals surface area (Å²) in [5.41, 5.74) is 0.239. The molecular weight excluding hydrogens is 390 g/mol. The van der Waals surface area contributed by atoms with E-state index < -0.39 is 19.9 Å². The van der Waals surface area contributed by atoms with Crippen molar-refractivity contribution in [3.8, 4) is 0 Å². The SMILES string of the molecule is Cc1cc([N+](=O)[O-])cnc1N1CCN(S(=O)(=O)c2cccc([N+](=O)[O-])c2)CC1. The molecule has 0 N–H and O–H groups in total. The highest BCUT2D eigenvalue weighted by Crippen LogP contribution is 2.25. The zero-order chi connectivity index (χ0) is 20.5. The third kappa shape index (κ3) is 3.77. The highest BCUT2D eigenvalue weighted by Gasteiger charge is 2.30. The second-order valence-electron chi connectivity index (χ2n) is 6.24. The molecular formula is C16H17N5O6S. The molecule has 2 heterocycles. The molecule has 0 atom stereocenters. The van der Waals surface area contributed by atoms with Crippen LogP contribution in [0.4, 0.5) is 17.2 Å². The van der Waals surface area contributed by atoms with Gasteiger partial charge in [0.15, 0.2) is 0 Å². The molecule has 1 aliphatic rings. The molecule has 3 rings (SSSR count). The van der Waals surface area contributed by atoms with Gasteiger partial charge in [-0.3, -0.25) is 20.2 Å². The van der Waals surface area contributed by atoms with E-state index in [4.69, 9.17) is 0 Å². The molecule has 0 bridgehead atoms. The van der Waals surface area contributed by atoms with Crippen LogP contribution in [0.1, 0.15) is 5.56 Å². The minimum atomic E-state index is -3.86. The van der Waals surface area contributed by atoms with Gasteiger partial charge in [0.05, 0.1) is 14.7 Å². The van der Waals surface area contributed by atoms with Crippen LogP contribution in [0.5, 0.6) is 0 Å². The van der Waals surface area contributed by atoms with Crippen LogP contribution in [0.15, 0.2) is 41.4 Å². The van der Waals surface area contributed by atoms with E-state index in [0.29, 0.717) is 24.5 Å². The third-order valence-corrected chi connectivity index (χ3v) is 6.35. The first-order chi connectivity index (χ1) is 13.2. The van der Waals surface area contributed by atoms with E-state index >= 15 is 0 Å². The fraction of sp³-hybridized carbons (Fsp3) is 0.312. The summed E-state index contributed by atoms with van der Waals surface area (Å²) in [5, 5.41) is 21.7. The molecule has 0 radical (unpaired) electrons. The van der Waals surface area contributed by atoms with Crippen LogP contribution in [-0.4, -0.2) is 53.7 Å². The number of sulfonamides is 1. The van der Waals surface area contributed by atoms with Crippen molar-refractivity contribution in [2.24, 2.45) is 0 Å². The molecule has 1 aromatic carbocycles. The molecule has 0 aliphatic carbocycles. The maximum Gasteiger partial charge on any atom is 0.287 e. The van der Waals surface area contributed by atoms with E-state index in [9.17, 15) is 28.6 Å². The van der Waals surface area contributed by atoms with Gasteiger partial charge in [-0.1, -0.05) is 6.07 Å². The number of nitrogens with zero attached hydrogens (tertiary/aromatic N) is 5. The van der Waals surface area contributed by atoms with Crippen LogP contribution >= 0.6 is 0 Å². The third-order valence-electron chi connectivity index (χ3n) is 4.45. The zero-order valence-corrected chi connectivity index (χ0v) is 15.7. The smallest absolute Gasteiger partial charge is 0.287 e. The summed E-state index contributed by atoms with van der Waals surface area (Å²) in [6, 6.07) is 6.38. The van der Waals surface area contributed by atoms with Crippen molar-refractivity contribution in [3.05, 3.63) is 62.3 Å². The van der Waals surface area contributed by atoms with Gasteiger partial charge < -0.3 is 4.90 Å². The van der Waals surface area contributed by atoms with E-state index in [1.165, 1.54) is 34.8 Å². The van der Waals surface area contributed by atoms with Gasteiger partial charge in [0.2, 0.25) is 10.0 Å². The van der Waals surface area contributed by atoms with Crippen LogP contribution in [0.25, 0.3) is 0 Å². The van der Waals surface area contributed by atoms with Crippen molar-refractivity contribution < 1.29 is 18.3 Å². The lowest BCUT2D eigenvalue weighted by Gasteiger charge is -2.35. The molecule has 0 saturated carbocycles. The van der Waals surface area contributed by atoms with Gasteiger partial charge in [-0.15, -0.1) is 0 Å². The topological polar surface area (TPSA) is 140 Å². The van der Waals surface area contributed by atoms with E-state index in [0.717, 1.165) is 6.07 Å². The van der Waals surface area contributed by atoms with Gasteiger partial charge in [-0.2, -0.15) is 4.31 Å². The fourth-order valence-electron chi connectivity index (χ4n) is 3.03. The summed E-state index contributed by atoms with van der Waals surface area (Å²) >= 11 is 0. The number of nitro groups is 2. The number of anilines is 1. The van der Waals surface area contributed by atoms with E-state index in [-0.39, 0.29) is 29.4 Å². The molecule has 12 heteroatoms. The Balaban J connectivity index is 1.75. The van der Waals surface area contributed by atoms with Crippen molar-refractivity contribution >= 4 is 27.2 Å².